The molecule has 0 radical (unpaired) electrons. The van der Waals surface area contributed by atoms with Gasteiger partial charge in [0.05, 0.1) is 12.2 Å². The van der Waals surface area contributed by atoms with Crippen molar-refractivity contribution in [3.8, 4) is 5.75 Å². The Kier molecular flexibility index (Phi) is 8.66. The molecule has 0 aromatic heterocycles. The molecule has 2 aromatic rings. The minimum absolute atomic E-state index is 0.298. The molecule has 2 aromatic carbocycles. The van der Waals surface area contributed by atoms with Gasteiger partial charge in [0.25, 0.3) is 5.84 Å². The second-order valence-electron chi connectivity index (χ2n) is 5.43. The van der Waals surface area contributed by atoms with Gasteiger partial charge in [-0.25, -0.2) is 4.79 Å². The number of nitrogens with two attached hydrogens (primary N) is 2. The molecule has 10 heteroatoms. The van der Waals surface area contributed by atoms with Crippen LogP contribution in [0, 0.1) is 0 Å². The molecule has 2 rings (SSSR count). The van der Waals surface area contributed by atoms with Gasteiger partial charge >= 0.3 is 12.1 Å². The number of carbonyl (C=O) groups is 2. The number of benzene rings is 2. The van der Waals surface area contributed by atoms with Crippen molar-refractivity contribution < 1.29 is 42.7 Å². The van der Waals surface area contributed by atoms with E-state index in [9.17, 15) is 18.0 Å². The topological polar surface area (TPSA) is 127 Å². The van der Waals surface area contributed by atoms with Gasteiger partial charge < -0.3 is 19.4 Å². The standard InChI is InChI=1S/C17H18N2O3.C2HF3O2/c1-2-21-16(20)4-3-9-22-15-8-7-12-10-14(17(18)19)6-5-13(12)11-15;3-2(4,5)1(6)7/h3-8,10-11H,2,9H2,1H3,(H3,18,19);(H,6,7)/b4-3+;. The lowest BCUT2D eigenvalue weighted by molar-refractivity contribution is -0.344. The number of carboxylic acid groups (broad SMARTS) is 1. The number of fused-ring (bicyclic) bond motifs is 1. The highest BCUT2D eigenvalue weighted by Gasteiger charge is 2.28. The van der Waals surface area contributed by atoms with E-state index < -0.39 is 12.1 Å². The lowest BCUT2D eigenvalue weighted by Crippen LogP contribution is -2.46. The number of alkyl halides is 3. The van der Waals surface area contributed by atoms with Crippen molar-refractivity contribution in [2.45, 2.75) is 13.1 Å². The van der Waals surface area contributed by atoms with E-state index in [2.05, 4.69) is 0 Å². The zero-order chi connectivity index (χ0) is 22.0. The summed E-state index contributed by atoms with van der Waals surface area (Å²) in [6, 6.07) is 11.4. The maximum atomic E-state index is 11.1. The molecule has 0 atom stereocenters. The van der Waals surface area contributed by atoms with Crippen molar-refractivity contribution in [1.82, 2.24) is 0 Å². The van der Waals surface area contributed by atoms with Crippen LogP contribution >= 0.6 is 0 Å². The molecule has 29 heavy (non-hydrogen) atoms. The summed E-state index contributed by atoms with van der Waals surface area (Å²) in [7, 11) is 0. The largest absolute Gasteiger partial charge is 0.542 e. The van der Waals surface area contributed by atoms with E-state index >= 15 is 0 Å². The van der Waals surface area contributed by atoms with Crippen molar-refractivity contribution in [1.29, 1.82) is 0 Å². The lowest BCUT2D eigenvalue weighted by atomic mass is 10.1. The predicted octanol–water partition coefficient (Wildman–Crippen LogP) is 0.101. The van der Waals surface area contributed by atoms with Crippen molar-refractivity contribution in [3.63, 3.8) is 0 Å². The van der Waals surface area contributed by atoms with E-state index in [1.54, 1.807) is 13.0 Å². The first-order valence-corrected chi connectivity index (χ1v) is 8.21. The van der Waals surface area contributed by atoms with Crippen LogP contribution in [0.3, 0.4) is 0 Å². The van der Waals surface area contributed by atoms with Crippen LogP contribution in [-0.4, -0.2) is 37.2 Å². The van der Waals surface area contributed by atoms with Crippen molar-refractivity contribution >= 4 is 28.5 Å². The number of amidine groups is 1. The molecule has 7 nitrogen and oxygen atoms in total. The number of rotatable bonds is 6. The average molecular weight is 412 g/mol. The number of esters is 1. The SMILES string of the molecule is CCOC(=O)/C=C/COc1ccc2cc(C(N)=[NH2+])ccc2c1.O=C([O-])C(F)(F)F. The van der Waals surface area contributed by atoms with Crippen LogP contribution in [0.25, 0.3) is 10.8 Å². The average Bonchev–Trinajstić information content (AvgIpc) is 2.64. The molecule has 0 spiro atoms. The van der Waals surface area contributed by atoms with Crippen LogP contribution in [0.4, 0.5) is 13.2 Å². The molecule has 0 aliphatic heterocycles. The van der Waals surface area contributed by atoms with Gasteiger partial charge in [0, 0.05) is 6.08 Å². The van der Waals surface area contributed by atoms with Crippen LogP contribution in [0.5, 0.6) is 5.75 Å². The Labute approximate surface area is 164 Å². The van der Waals surface area contributed by atoms with E-state index in [1.807, 2.05) is 36.4 Å². The maximum absolute atomic E-state index is 11.1. The fraction of sp³-hybridized carbons (Fsp3) is 0.211. The lowest BCUT2D eigenvalue weighted by Gasteiger charge is -2.05. The van der Waals surface area contributed by atoms with E-state index in [0.717, 1.165) is 22.1 Å². The van der Waals surface area contributed by atoms with Gasteiger partial charge in [0.2, 0.25) is 0 Å². The van der Waals surface area contributed by atoms with Crippen LogP contribution in [0.1, 0.15) is 12.5 Å². The summed E-state index contributed by atoms with van der Waals surface area (Å²) in [6.45, 7) is 2.42. The Hall–Kier alpha value is -3.56. The quantitative estimate of drug-likeness (QED) is 0.300. The highest BCUT2D eigenvalue weighted by atomic mass is 19.4. The van der Waals surface area contributed by atoms with E-state index in [1.165, 1.54) is 6.08 Å². The Morgan fingerprint density at radius 1 is 1.17 bits per heavy atom. The second-order valence-corrected chi connectivity index (χ2v) is 5.43. The molecule has 0 saturated heterocycles. The minimum atomic E-state index is -5.19. The maximum Gasteiger partial charge on any atom is 0.430 e. The highest BCUT2D eigenvalue weighted by molar-refractivity contribution is 5.97. The van der Waals surface area contributed by atoms with E-state index in [-0.39, 0.29) is 5.97 Å². The van der Waals surface area contributed by atoms with Gasteiger partial charge in [-0.1, -0.05) is 12.1 Å². The van der Waals surface area contributed by atoms with E-state index in [0.29, 0.717) is 19.0 Å². The molecule has 0 aliphatic rings. The van der Waals surface area contributed by atoms with Gasteiger partial charge in [-0.05, 0) is 48.0 Å². The number of halogens is 3. The van der Waals surface area contributed by atoms with Gasteiger partial charge in [0.1, 0.15) is 18.3 Å². The Morgan fingerprint density at radius 3 is 2.31 bits per heavy atom. The van der Waals surface area contributed by atoms with Crippen molar-refractivity contribution in [2.24, 2.45) is 5.73 Å². The number of hydrogen-bond donors (Lipinski definition) is 2. The van der Waals surface area contributed by atoms with Crippen LogP contribution in [0.2, 0.25) is 0 Å². The van der Waals surface area contributed by atoms with Crippen LogP contribution in [-0.2, 0) is 14.3 Å². The smallest absolute Gasteiger partial charge is 0.430 e. The first-order valence-electron chi connectivity index (χ1n) is 8.21. The normalized spacial score (nSPS) is 10.9. The molecular formula is C19H19F3N2O5. The number of carbonyl (C=O) groups excluding carboxylic acids is 2. The Bertz CT molecular complexity index is 910. The first-order chi connectivity index (χ1) is 13.5. The molecule has 0 aliphatic carbocycles. The highest BCUT2D eigenvalue weighted by Crippen LogP contribution is 2.22. The molecule has 0 amide bonds. The summed E-state index contributed by atoms with van der Waals surface area (Å²) in [5.41, 5.74) is 6.39. The molecule has 0 saturated carbocycles. The number of hydrogen-bond acceptors (Lipinski definition) is 5. The second kappa shape index (κ2) is 10.7. The fourth-order valence-electron chi connectivity index (χ4n) is 1.97. The van der Waals surface area contributed by atoms with Gasteiger partial charge in [0.15, 0.2) is 0 Å². The molecular weight excluding hydrogens is 393 g/mol. The van der Waals surface area contributed by atoms with E-state index in [4.69, 9.17) is 30.5 Å². The van der Waals surface area contributed by atoms with Crippen LogP contribution < -0.4 is 21.0 Å². The molecule has 0 unspecified atom stereocenters. The summed E-state index contributed by atoms with van der Waals surface area (Å²) in [6.07, 6.45) is -2.22. The Balaban J connectivity index is 0.000000516. The monoisotopic (exact) mass is 412 g/mol. The molecule has 0 bridgehead atoms. The van der Waals surface area contributed by atoms with Crippen molar-refractivity contribution in [2.75, 3.05) is 13.2 Å². The fourth-order valence-corrected chi connectivity index (χ4v) is 1.97. The van der Waals surface area contributed by atoms with Gasteiger partial charge in [-0.3, -0.25) is 11.1 Å². The number of carboxylic acids is 1. The summed E-state index contributed by atoms with van der Waals surface area (Å²) in [5.74, 6) is -2.36. The summed E-state index contributed by atoms with van der Waals surface area (Å²) in [4.78, 5) is 19.9. The summed E-state index contributed by atoms with van der Waals surface area (Å²) >= 11 is 0. The zero-order valence-electron chi connectivity index (χ0n) is 15.4. The van der Waals surface area contributed by atoms with Crippen LogP contribution in [0.15, 0.2) is 48.6 Å². The number of ether oxygens (including phenoxy) is 2. The third kappa shape index (κ3) is 8.33. The summed E-state index contributed by atoms with van der Waals surface area (Å²) in [5, 5.41) is 16.4. The number of aliphatic carboxylic acids is 1. The van der Waals surface area contributed by atoms with Crippen molar-refractivity contribution in [3.05, 3.63) is 54.1 Å². The Morgan fingerprint density at radius 2 is 1.76 bits per heavy atom. The van der Waals surface area contributed by atoms with Gasteiger partial charge in [-0.2, -0.15) is 13.2 Å². The molecule has 156 valence electrons. The molecule has 0 heterocycles. The zero-order valence-corrected chi connectivity index (χ0v) is 15.4. The molecule has 4 N–H and O–H groups in total. The van der Waals surface area contributed by atoms with Gasteiger partial charge in [-0.15, -0.1) is 0 Å². The minimum Gasteiger partial charge on any atom is -0.542 e. The predicted molar refractivity (Wildman–Crippen MR) is 96.5 cm³/mol. The summed E-state index contributed by atoms with van der Waals surface area (Å²) < 4.78 is 41.9. The molecule has 0 fully saturated rings. The first kappa shape index (κ1) is 23.5. The third-order valence-corrected chi connectivity index (χ3v) is 3.26. The third-order valence-electron chi connectivity index (χ3n) is 3.26.